The van der Waals surface area contributed by atoms with Gasteiger partial charge >= 0.3 is 5.97 Å². The SMILES string of the molecule is CCCN(CC1CC1)C(=O)COC(=O)CNC(=O)c1ccc(Oc2ccccc2)cc1. The fourth-order valence-corrected chi connectivity index (χ4v) is 3.04. The van der Waals surface area contributed by atoms with Gasteiger partial charge in [0.2, 0.25) is 0 Å². The van der Waals surface area contributed by atoms with Crippen LogP contribution in [0.5, 0.6) is 11.5 Å². The molecule has 1 N–H and O–H groups in total. The van der Waals surface area contributed by atoms with Crippen molar-refractivity contribution in [2.24, 2.45) is 5.92 Å². The van der Waals surface area contributed by atoms with E-state index in [2.05, 4.69) is 5.32 Å². The maximum absolute atomic E-state index is 12.3. The zero-order valence-electron chi connectivity index (χ0n) is 17.7. The molecule has 0 aromatic heterocycles. The molecule has 0 radical (unpaired) electrons. The minimum atomic E-state index is -0.645. The van der Waals surface area contributed by atoms with E-state index < -0.39 is 11.9 Å². The molecule has 31 heavy (non-hydrogen) atoms. The normalized spacial score (nSPS) is 12.7. The number of nitrogens with one attached hydrogen (secondary N) is 1. The summed E-state index contributed by atoms with van der Waals surface area (Å²) >= 11 is 0. The number of ether oxygens (including phenoxy) is 2. The van der Waals surface area contributed by atoms with Gasteiger partial charge in [0, 0.05) is 18.7 Å². The van der Waals surface area contributed by atoms with Gasteiger partial charge in [0.1, 0.15) is 18.0 Å². The van der Waals surface area contributed by atoms with E-state index >= 15 is 0 Å². The average Bonchev–Trinajstić information content (AvgIpc) is 3.61. The van der Waals surface area contributed by atoms with Crippen LogP contribution >= 0.6 is 0 Å². The highest BCUT2D eigenvalue weighted by molar-refractivity contribution is 5.96. The van der Waals surface area contributed by atoms with Crippen molar-refractivity contribution in [3.63, 3.8) is 0 Å². The summed E-state index contributed by atoms with van der Waals surface area (Å²) in [6, 6.07) is 15.9. The highest BCUT2D eigenvalue weighted by atomic mass is 16.5. The predicted octanol–water partition coefficient (Wildman–Crippen LogP) is 3.40. The fourth-order valence-electron chi connectivity index (χ4n) is 3.04. The summed E-state index contributed by atoms with van der Waals surface area (Å²) in [5, 5.41) is 2.51. The first-order chi connectivity index (χ1) is 15.0. The van der Waals surface area contributed by atoms with E-state index in [1.54, 1.807) is 29.2 Å². The molecule has 2 aromatic carbocycles. The van der Waals surface area contributed by atoms with Crippen molar-refractivity contribution in [3.8, 4) is 11.5 Å². The van der Waals surface area contributed by atoms with Crippen molar-refractivity contribution in [2.45, 2.75) is 26.2 Å². The van der Waals surface area contributed by atoms with Gasteiger partial charge in [0.25, 0.3) is 11.8 Å². The standard InChI is InChI=1S/C24H28N2O5/c1-2-14-26(16-18-8-9-18)22(27)17-30-23(28)15-25-24(29)19-10-12-21(13-11-19)31-20-6-4-3-5-7-20/h3-7,10-13,18H,2,8-9,14-17H2,1H3,(H,25,29). The second-order valence-corrected chi connectivity index (χ2v) is 7.57. The zero-order chi connectivity index (χ0) is 22.1. The highest BCUT2D eigenvalue weighted by Gasteiger charge is 2.26. The van der Waals surface area contributed by atoms with Gasteiger partial charge in [-0.1, -0.05) is 25.1 Å². The monoisotopic (exact) mass is 424 g/mol. The smallest absolute Gasteiger partial charge is 0.325 e. The largest absolute Gasteiger partial charge is 0.457 e. The fraction of sp³-hybridized carbons (Fsp3) is 0.375. The molecule has 1 fully saturated rings. The Morgan fingerprint density at radius 1 is 1.00 bits per heavy atom. The number of rotatable bonds is 11. The van der Waals surface area contributed by atoms with Crippen LogP contribution in [-0.4, -0.2) is 48.9 Å². The summed E-state index contributed by atoms with van der Waals surface area (Å²) in [4.78, 5) is 38.2. The molecule has 1 aliphatic carbocycles. The summed E-state index contributed by atoms with van der Waals surface area (Å²) in [6.07, 6.45) is 3.16. The first-order valence-corrected chi connectivity index (χ1v) is 10.6. The Morgan fingerprint density at radius 2 is 1.68 bits per heavy atom. The molecule has 1 aliphatic rings. The summed E-state index contributed by atoms with van der Waals surface area (Å²) in [7, 11) is 0. The second-order valence-electron chi connectivity index (χ2n) is 7.57. The Balaban J connectivity index is 1.40. The lowest BCUT2D eigenvalue weighted by Crippen LogP contribution is -2.38. The molecule has 0 atom stereocenters. The van der Waals surface area contributed by atoms with Crippen molar-refractivity contribution in [3.05, 3.63) is 60.2 Å². The zero-order valence-corrected chi connectivity index (χ0v) is 17.7. The van der Waals surface area contributed by atoms with Crippen LogP contribution in [0.15, 0.2) is 54.6 Å². The maximum Gasteiger partial charge on any atom is 0.325 e. The molecular formula is C24H28N2O5. The second kappa shape index (κ2) is 11.2. The maximum atomic E-state index is 12.3. The summed E-state index contributed by atoms with van der Waals surface area (Å²) in [5.74, 6) is 0.636. The van der Waals surface area contributed by atoms with Gasteiger partial charge in [-0.3, -0.25) is 14.4 Å². The number of benzene rings is 2. The molecule has 0 heterocycles. The number of amides is 2. The molecule has 3 rings (SSSR count). The average molecular weight is 424 g/mol. The Bertz CT molecular complexity index is 879. The van der Waals surface area contributed by atoms with Gasteiger partial charge in [-0.15, -0.1) is 0 Å². The van der Waals surface area contributed by atoms with E-state index in [0.29, 0.717) is 29.5 Å². The van der Waals surface area contributed by atoms with Crippen LogP contribution < -0.4 is 10.1 Å². The molecule has 1 saturated carbocycles. The molecular weight excluding hydrogens is 396 g/mol. The molecule has 7 nitrogen and oxygen atoms in total. The number of nitrogens with zero attached hydrogens (tertiary/aromatic N) is 1. The third-order valence-corrected chi connectivity index (χ3v) is 4.87. The quantitative estimate of drug-likeness (QED) is 0.559. The van der Waals surface area contributed by atoms with Crippen LogP contribution in [0.3, 0.4) is 0 Å². The lowest BCUT2D eigenvalue weighted by molar-refractivity contribution is -0.151. The molecule has 2 aromatic rings. The van der Waals surface area contributed by atoms with Gasteiger partial charge in [0.05, 0.1) is 0 Å². The van der Waals surface area contributed by atoms with Crippen molar-refractivity contribution in [2.75, 3.05) is 26.2 Å². The van der Waals surface area contributed by atoms with Crippen LogP contribution in [0, 0.1) is 5.92 Å². The Kier molecular flexibility index (Phi) is 8.04. The number of esters is 1. The van der Waals surface area contributed by atoms with E-state index in [0.717, 1.165) is 25.8 Å². The van der Waals surface area contributed by atoms with Gasteiger partial charge in [-0.05, 0) is 61.6 Å². The third kappa shape index (κ3) is 7.44. The molecule has 2 amide bonds. The third-order valence-electron chi connectivity index (χ3n) is 4.87. The predicted molar refractivity (Wildman–Crippen MR) is 116 cm³/mol. The van der Waals surface area contributed by atoms with E-state index in [1.807, 2.05) is 37.3 Å². The highest BCUT2D eigenvalue weighted by Crippen LogP contribution is 2.29. The molecule has 164 valence electrons. The van der Waals surface area contributed by atoms with Crippen LogP contribution in [-0.2, 0) is 14.3 Å². The van der Waals surface area contributed by atoms with Crippen LogP contribution in [0.2, 0.25) is 0 Å². The number of carbonyl (C=O) groups is 3. The number of hydrogen-bond donors (Lipinski definition) is 1. The van der Waals surface area contributed by atoms with E-state index in [1.165, 1.54) is 0 Å². The van der Waals surface area contributed by atoms with Crippen molar-refractivity contribution < 1.29 is 23.9 Å². The number of para-hydroxylation sites is 1. The van der Waals surface area contributed by atoms with Crippen LogP contribution in [0.1, 0.15) is 36.5 Å². The topological polar surface area (TPSA) is 84.9 Å². The lowest BCUT2D eigenvalue weighted by atomic mass is 10.2. The van der Waals surface area contributed by atoms with Gasteiger partial charge < -0.3 is 19.7 Å². The van der Waals surface area contributed by atoms with Crippen molar-refractivity contribution >= 4 is 17.8 Å². The van der Waals surface area contributed by atoms with E-state index in [4.69, 9.17) is 9.47 Å². The first-order valence-electron chi connectivity index (χ1n) is 10.6. The van der Waals surface area contributed by atoms with Crippen molar-refractivity contribution in [1.82, 2.24) is 10.2 Å². The van der Waals surface area contributed by atoms with E-state index in [9.17, 15) is 14.4 Å². The molecule has 0 saturated heterocycles. The molecule has 0 spiro atoms. The molecule has 7 heteroatoms. The van der Waals surface area contributed by atoms with Gasteiger partial charge in [-0.2, -0.15) is 0 Å². The van der Waals surface area contributed by atoms with Gasteiger partial charge in [0.15, 0.2) is 6.61 Å². The summed E-state index contributed by atoms with van der Waals surface area (Å²) in [6.45, 7) is 2.80. The molecule has 0 bridgehead atoms. The minimum Gasteiger partial charge on any atom is -0.457 e. The van der Waals surface area contributed by atoms with Crippen molar-refractivity contribution in [1.29, 1.82) is 0 Å². The van der Waals surface area contributed by atoms with Gasteiger partial charge in [-0.25, -0.2) is 0 Å². The lowest BCUT2D eigenvalue weighted by Gasteiger charge is -2.21. The Hall–Kier alpha value is -3.35. The number of carbonyl (C=O) groups excluding carboxylic acids is 3. The summed E-state index contributed by atoms with van der Waals surface area (Å²) in [5.41, 5.74) is 0.392. The van der Waals surface area contributed by atoms with Crippen LogP contribution in [0.4, 0.5) is 0 Å². The Morgan fingerprint density at radius 3 is 2.32 bits per heavy atom. The molecule has 0 unspecified atom stereocenters. The van der Waals surface area contributed by atoms with Crippen LogP contribution in [0.25, 0.3) is 0 Å². The Labute approximate surface area is 182 Å². The minimum absolute atomic E-state index is 0.192. The molecule has 0 aliphatic heterocycles. The van der Waals surface area contributed by atoms with E-state index in [-0.39, 0.29) is 19.1 Å². The number of hydrogen-bond acceptors (Lipinski definition) is 5. The summed E-state index contributed by atoms with van der Waals surface area (Å²) < 4.78 is 10.7. The first kappa shape index (κ1) is 22.3.